The molecule has 1 aromatic heterocycles. The van der Waals surface area contributed by atoms with Crippen molar-refractivity contribution in [2.24, 2.45) is 0 Å². The van der Waals surface area contributed by atoms with Crippen molar-refractivity contribution in [3.63, 3.8) is 0 Å². The van der Waals surface area contributed by atoms with Crippen LogP contribution in [-0.2, 0) is 17.6 Å². The Balaban J connectivity index is 1.39. The Kier molecular flexibility index (Phi) is 4.94. The van der Waals surface area contributed by atoms with E-state index in [1.54, 1.807) is 13.0 Å². The number of ether oxygens (including phenoxy) is 2. The molecule has 1 N–H and O–H groups in total. The van der Waals surface area contributed by atoms with Crippen molar-refractivity contribution in [3.8, 4) is 22.8 Å². The molecule has 31 heavy (non-hydrogen) atoms. The first kappa shape index (κ1) is 19.4. The highest BCUT2D eigenvalue weighted by atomic mass is 16.6. The lowest BCUT2D eigenvalue weighted by Gasteiger charge is -2.19. The van der Waals surface area contributed by atoms with Crippen molar-refractivity contribution in [3.05, 3.63) is 70.0 Å². The molecule has 0 bridgehead atoms. The molecule has 7 heteroatoms. The number of nitrogens with zero attached hydrogens (tertiary/aromatic N) is 2. The molecule has 0 spiro atoms. The normalized spacial score (nSPS) is 15.3. The van der Waals surface area contributed by atoms with Crippen LogP contribution in [0, 0.1) is 0 Å². The summed E-state index contributed by atoms with van der Waals surface area (Å²) in [5.74, 6) is 1.04. The first-order valence-electron chi connectivity index (χ1n) is 10.5. The maximum absolute atomic E-state index is 12.9. The van der Waals surface area contributed by atoms with E-state index in [4.69, 9.17) is 9.47 Å². The third kappa shape index (κ3) is 3.79. The van der Waals surface area contributed by atoms with Crippen LogP contribution in [0.3, 0.4) is 0 Å². The lowest BCUT2D eigenvalue weighted by atomic mass is 10.1. The third-order valence-electron chi connectivity index (χ3n) is 5.78. The van der Waals surface area contributed by atoms with E-state index in [1.165, 1.54) is 21.9 Å². The van der Waals surface area contributed by atoms with Crippen LogP contribution in [0.15, 0.2) is 53.3 Å². The summed E-state index contributed by atoms with van der Waals surface area (Å²) >= 11 is 0. The Hall–Kier alpha value is -3.61. The van der Waals surface area contributed by atoms with Gasteiger partial charge in [0.25, 0.3) is 5.56 Å². The smallest absolute Gasteiger partial charge is 0.267 e. The number of fused-ring (bicyclic) bond motifs is 2. The minimum atomic E-state index is -0.766. The molecule has 0 saturated heterocycles. The fraction of sp³-hybridized carbons (Fsp3) is 0.292. The lowest BCUT2D eigenvalue weighted by molar-refractivity contribution is -0.119. The highest BCUT2D eigenvalue weighted by Crippen LogP contribution is 2.33. The molecule has 2 heterocycles. The molecule has 7 nitrogen and oxygen atoms in total. The Morgan fingerprint density at radius 2 is 1.81 bits per heavy atom. The summed E-state index contributed by atoms with van der Waals surface area (Å²) < 4.78 is 12.4. The number of aromatic nitrogens is 2. The Morgan fingerprint density at radius 3 is 2.68 bits per heavy atom. The molecule has 2 aliphatic rings. The van der Waals surface area contributed by atoms with Gasteiger partial charge >= 0.3 is 0 Å². The number of carbonyl (C=O) groups is 1. The maximum Gasteiger partial charge on any atom is 0.267 e. The molecule has 0 radical (unpaired) electrons. The molecule has 0 fully saturated rings. The first-order valence-corrected chi connectivity index (χ1v) is 10.5. The van der Waals surface area contributed by atoms with Gasteiger partial charge in [0, 0.05) is 17.3 Å². The summed E-state index contributed by atoms with van der Waals surface area (Å²) in [6.45, 7) is 2.68. The van der Waals surface area contributed by atoms with E-state index in [0.29, 0.717) is 30.4 Å². The Labute approximate surface area is 179 Å². The molecule has 5 rings (SSSR count). The molecule has 1 aliphatic carbocycles. The summed E-state index contributed by atoms with van der Waals surface area (Å²) in [7, 11) is 0. The topological polar surface area (TPSA) is 82.5 Å². The van der Waals surface area contributed by atoms with Gasteiger partial charge in [-0.2, -0.15) is 5.10 Å². The number of rotatable bonds is 4. The average molecular weight is 417 g/mol. The zero-order valence-electron chi connectivity index (χ0n) is 17.3. The van der Waals surface area contributed by atoms with E-state index in [1.807, 2.05) is 30.3 Å². The van der Waals surface area contributed by atoms with Gasteiger partial charge in [-0.05, 0) is 73.7 Å². The van der Waals surface area contributed by atoms with Crippen molar-refractivity contribution in [2.75, 3.05) is 18.5 Å². The Morgan fingerprint density at radius 1 is 1.00 bits per heavy atom. The van der Waals surface area contributed by atoms with Crippen LogP contribution in [0.5, 0.6) is 11.5 Å². The van der Waals surface area contributed by atoms with Gasteiger partial charge in [-0.25, -0.2) is 4.68 Å². The van der Waals surface area contributed by atoms with Crippen LogP contribution >= 0.6 is 0 Å². The van der Waals surface area contributed by atoms with Gasteiger partial charge < -0.3 is 14.8 Å². The quantitative estimate of drug-likeness (QED) is 0.704. The van der Waals surface area contributed by atoms with Crippen LogP contribution in [0.4, 0.5) is 5.69 Å². The van der Waals surface area contributed by atoms with Crippen molar-refractivity contribution in [1.82, 2.24) is 9.78 Å². The van der Waals surface area contributed by atoms with E-state index < -0.39 is 6.04 Å². The number of amides is 1. The van der Waals surface area contributed by atoms with Gasteiger partial charge in [0.1, 0.15) is 19.3 Å². The third-order valence-corrected chi connectivity index (χ3v) is 5.78. The maximum atomic E-state index is 12.9. The molecule has 2 aromatic carbocycles. The molecule has 0 unspecified atom stereocenters. The van der Waals surface area contributed by atoms with Crippen molar-refractivity contribution in [2.45, 2.75) is 32.2 Å². The van der Waals surface area contributed by atoms with E-state index in [0.717, 1.165) is 30.5 Å². The average Bonchev–Trinajstić information content (AvgIpc) is 3.26. The highest BCUT2D eigenvalue weighted by molar-refractivity contribution is 5.93. The lowest BCUT2D eigenvalue weighted by Crippen LogP contribution is -2.33. The molecule has 0 saturated carbocycles. The molecular formula is C24H23N3O4. The Bertz CT molecular complexity index is 1220. The number of anilines is 1. The number of benzene rings is 2. The SMILES string of the molecule is C[C@@H](C(=O)Nc1ccc2c(c1)CCC2)n1nc(-c2ccc3c(c2)OCCO3)ccc1=O. The fourth-order valence-electron chi connectivity index (χ4n) is 4.07. The number of hydrogen-bond acceptors (Lipinski definition) is 5. The zero-order chi connectivity index (χ0) is 21.4. The van der Waals surface area contributed by atoms with Crippen LogP contribution < -0.4 is 20.3 Å². The van der Waals surface area contributed by atoms with Crippen molar-refractivity contribution < 1.29 is 14.3 Å². The highest BCUT2D eigenvalue weighted by Gasteiger charge is 2.20. The molecule has 3 aromatic rings. The molecule has 158 valence electrons. The van der Waals surface area contributed by atoms with Crippen molar-refractivity contribution >= 4 is 11.6 Å². The molecule has 1 aliphatic heterocycles. The largest absolute Gasteiger partial charge is 0.486 e. The predicted molar refractivity (Wildman–Crippen MR) is 117 cm³/mol. The van der Waals surface area contributed by atoms with Gasteiger partial charge in [0.2, 0.25) is 5.91 Å². The summed E-state index contributed by atoms with van der Waals surface area (Å²) in [4.78, 5) is 25.3. The summed E-state index contributed by atoms with van der Waals surface area (Å²) in [6.07, 6.45) is 3.27. The summed E-state index contributed by atoms with van der Waals surface area (Å²) in [6, 6.07) is 13.8. The van der Waals surface area contributed by atoms with Crippen LogP contribution in [-0.4, -0.2) is 28.9 Å². The second-order valence-electron chi connectivity index (χ2n) is 7.86. The van der Waals surface area contributed by atoms with Crippen LogP contribution in [0.1, 0.15) is 30.5 Å². The number of carbonyl (C=O) groups excluding carboxylic acids is 1. The van der Waals surface area contributed by atoms with Gasteiger partial charge in [0.15, 0.2) is 11.5 Å². The monoisotopic (exact) mass is 417 g/mol. The van der Waals surface area contributed by atoms with Gasteiger partial charge in [0.05, 0.1) is 5.69 Å². The van der Waals surface area contributed by atoms with Gasteiger partial charge in [-0.3, -0.25) is 9.59 Å². The summed E-state index contributed by atoms with van der Waals surface area (Å²) in [5, 5.41) is 7.38. The van der Waals surface area contributed by atoms with E-state index in [-0.39, 0.29) is 11.5 Å². The van der Waals surface area contributed by atoms with Crippen molar-refractivity contribution in [1.29, 1.82) is 0 Å². The van der Waals surface area contributed by atoms with E-state index in [9.17, 15) is 9.59 Å². The number of aryl methyl sites for hydroxylation is 2. The van der Waals surface area contributed by atoms with Crippen LogP contribution in [0.25, 0.3) is 11.3 Å². The van der Waals surface area contributed by atoms with E-state index in [2.05, 4.69) is 16.5 Å². The second-order valence-corrected chi connectivity index (χ2v) is 7.86. The molecule has 1 atom stereocenters. The minimum Gasteiger partial charge on any atom is -0.486 e. The van der Waals surface area contributed by atoms with E-state index >= 15 is 0 Å². The molecule has 1 amide bonds. The number of nitrogens with one attached hydrogen (secondary N) is 1. The first-order chi connectivity index (χ1) is 15.1. The predicted octanol–water partition coefficient (Wildman–Crippen LogP) is 3.37. The fourth-order valence-corrected chi connectivity index (χ4v) is 4.07. The minimum absolute atomic E-state index is 0.285. The molecular weight excluding hydrogens is 394 g/mol. The second kappa shape index (κ2) is 7.91. The van der Waals surface area contributed by atoms with Gasteiger partial charge in [-0.1, -0.05) is 6.07 Å². The summed E-state index contributed by atoms with van der Waals surface area (Å²) in [5.41, 5.74) is 4.39. The standard InChI is InChI=1S/C24H23N3O4/c1-15(24(29)25-19-7-5-16-3-2-4-17(16)13-19)27-23(28)10-8-20(26-27)18-6-9-21-22(14-18)31-12-11-30-21/h5-10,13-15H,2-4,11-12H2,1H3,(H,25,29)/t15-/m0/s1. The van der Waals surface area contributed by atoms with Crippen LogP contribution in [0.2, 0.25) is 0 Å². The number of hydrogen-bond donors (Lipinski definition) is 1. The van der Waals surface area contributed by atoms with Gasteiger partial charge in [-0.15, -0.1) is 0 Å². The zero-order valence-corrected chi connectivity index (χ0v) is 17.3.